The quantitative estimate of drug-likeness (QED) is 0.741. The SMILES string of the molecule is CCOC(=O)C1CCN(C(=O)[C@@H](CC)Oc2cc(C)cc(C)c2)CC1. The molecule has 1 aliphatic rings. The predicted molar refractivity (Wildman–Crippen MR) is 96.6 cm³/mol. The van der Waals surface area contributed by atoms with E-state index in [0.717, 1.165) is 16.9 Å². The average molecular weight is 347 g/mol. The fraction of sp³-hybridized carbons (Fsp3) is 0.600. The van der Waals surface area contributed by atoms with Crippen LogP contribution in [0.4, 0.5) is 0 Å². The van der Waals surface area contributed by atoms with Gasteiger partial charge < -0.3 is 14.4 Å². The van der Waals surface area contributed by atoms with E-state index in [4.69, 9.17) is 9.47 Å². The summed E-state index contributed by atoms with van der Waals surface area (Å²) in [4.78, 5) is 26.4. The molecular weight excluding hydrogens is 318 g/mol. The highest BCUT2D eigenvalue weighted by molar-refractivity contribution is 5.81. The molecule has 1 amide bonds. The molecule has 0 aliphatic carbocycles. The van der Waals surface area contributed by atoms with Crippen LogP contribution in [0.3, 0.4) is 0 Å². The predicted octanol–water partition coefficient (Wildman–Crippen LogP) is 3.26. The van der Waals surface area contributed by atoms with Gasteiger partial charge in [0.05, 0.1) is 12.5 Å². The minimum Gasteiger partial charge on any atom is -0.481 e. The number of rotatable bonds is 6. The first kappa shape index (κ1) is 19.3. The Labute approximate surface area is 150 Å². The van der Waals surface area contributed by atoms with Crippen molar-refractivity contribution in [2.75, 3.05) is 19.7 Å². The van der Waals surface area contributed by atoms with Crippen molar-refractivity contribution in [3.63, 3.8) is 0 Å². The van der Waals surface area contributed by atoms with Gasteiger partial charge in [-0.25, -0.2) is 0 Å². The van der Waals surface area contributed by atoms with Gasteiger partial charge in [-0.05, 0) is 63.3 Å². The number of ether oxygens (including phenoxy) is 2. The van der Waals surface area contributed by atoms with Gasteiger partial charge in [0, 0.05) is 13.1 Å². The van der Waals surface area contributed by atoms with E-state index < -0.39 is 6.10 Å². The Morgan fingerprint density at radius 3 is 2.24 bits per heavy atom. The highest BCUT2D eigenvalue weighted by Crippen LogP contribution is 2.22. The molecule has 25 heavy (non-hydrogen) atoms. The molecule has 1 aliphatic heterocycles. The second-order valence-corrected chi connectivity index (χ2v) is 6.69. The van der Waals surface area contributed by atoms with E-state index in [0.29, 0.717) is 39.0 Å². The summed E-state index contributed by atoms with van der Waals surface area (Å²) in [6.45, 7) is 9.36. The summed E-state index contributed by atoms with van der Waals surface area (Å²) in [5.74, 6) is 0.501. The highest BCUT2D eigenvalue weighted by atomic mass is 16.5. The van der Waals surface area contributed by atoms with Crippen molar-refractivity contribution in [2.24, 2.45) is 5.92 Å². The molecule has 0 saturated carbocycles. The summed E-state index contributed by atoms with van der Waals surface area (Å²) >= 11 is 0. The van der Waals surface area contributed by atoms with Gasteiger partial charge in [-0.1, -0.05) is 13.0 Å². The zero-order valence-electron chi connectivity index (χ0n) is 15.7. The van der Waals surface area contributed by atoms with Crippen molar-refractivity contribution >= 4 is 11.9 Å². The first-order valence-electron chi connectivity index (χ1n) is 9.15. The molecule has 138 valence electrons. The van der Waals surface area contributed by atoms with Gasteiger partial charge in [-0.3, -0.25) is 9.59 Å². The van der Waals surface area contributed by atoms with Crippen molar-refractivity contribution in [3.05, 3.63) is 29.3 Å². The first-order valence-corrected chi connectivity index (χ1v) is 9.15. The van der Waals surface area contributed by atoms with Crippen LogP contribution in [0.1, 0.15) is 44.2 Å². The second kappa shape index (κ2) is 8.88. The molecule has 5 heteroatoms. The molecule has 1 fully saturated rings. The number of esters is 1. The Morgan fingerprint density at radius 1 is 1.12 bits per heavy atom. The van der Waals surface area contributed by atoms with Crippen LogP contribution in [0.25, 0.3) is 0 Å². The monoisotopic (exact) mass is 347 g/mol. The minimum absolute atomic E-state index is 0.00367. The van der Waals surface area contributed by atoms with Crippen LogP contribution < -0.4 is 4.74 Å². The van der Waals surface area contributed by atoms with Gasteiger partial charge >= 0.3 is 5.97 Å². The number of amides is 1. The van der Waals surface area contributed by atoms with Crippen LogP contribution in [0.15, 0.2) is 18.2 Å². The minimum atomic E-state index is -0.486. The maximum Gasteiger partial charge on any atom is 0.309 e. The number of piperidine rings is 1. The number of hydrogen-bond acceptors (Lipinski definition) is 4. The molecule has 1 heterocycles. The smallest absolute Gasteiger partial charge is 0.309 e. The number of nitrogens with zero attached hydrogens (tertiary/aromatic N) is 1. The van der Waals surface area contributed by atoms with E-state index in [2.05, 4.69) is 6.07 Å². The van der Waals surface area contributed by atoms with Crippen LogP contribution in [0.2, 0.25) is 0 Å². The van der Waals surface area contributed by atoms with E-state index in [9.17, 15) is 9.59 Å². The highest BCUT2D eigenvalue weighted by Gasteiger charge is 2.31. The van der Waals surface area contributed by atoms with E-state index in [1.54, 1.807) is 0 Å². The van der Waals surface area contributed by atoms with Gasteiger partial charge in [0.2, 0.25) is 0 Å². The molecule has 1 saturated heterocycles. The summed E-state index contributed by atoms with van der Waals surface area (Å²) in [5, 5.41) is 0. The van der Waals surface area contributed by atoms with E-state index >= 15 is 0 Å². The maximum absolute atomic E-state index is 12.8. The lowest BCUT2D eigenvalue weighted by Gasteiger charge is -2.33. The Kier molecular flexibility index (Phi) is 6.85. The third-order valence-electron chi connectivity index (χ3n) is 4.55. The standard InChI is InChI=1S/C20H29NO4/c1-5-18(25-17-12-14(3)11-15(4)13-17)19(22)21-9-7-16(8-10-21)20(23)24-6-2/h11-13,16,18H,5-10H2,1-4H3/t18-/m1/s1. The molecule has 2 rings (SSSR count). The fourth-order valence-corrected chi connectivity index (χ4v) is 3.27. The van der Waals surface area contributed by atoms with Gasteiger partial charge in [0.25, 0.3) is 5.91 Å². The van der Waals surface area contributed by atoms with Gasteiger partial charge in [-0.15, -0.1) is 0 Å². The number of benzene rings is 1. The van der Waals surface area contributed by atoms with Gasteiger partial charge in [0.1, 0.15) is 5.75 Å². The Bertz CT molecular complexity index is 585. The molecule has 0 aromatic heterocycles. The molecule has 0 N–H and O–H groups in total. The third-order valence-corrected chi connectivity index (χ3v) is 4.55. The van der Waals surface area contributed by atoms with E-state index in [-0.39, 0.29) is 17.8 Å². The third kappa shape index (κ3) is 5.21. The molecule has 1 atom stereocenters. The van der Waals surface area contributed by atoms with Crippen molar-refractivity contribution < 1.29 is 19.1 Å². The molecule has 1 aromatic rings. The summed E-state index contributed by atoms with van der Waals surface area (Å²) in [6, 6.07) is 5.99. The van der Waals surface area contributed by atoms with Crippen LogP contribution in [-0.4, -0.2) is 42.6 Å². The average Bonchev–Trinajstić information content (AvgIpc) is 2.58. The zero-order chi connectivity index (χ0) is 18.4. The molecule has 0 bridgehead atoms. The summed E-state index contributed by atoms with van der Waals surface area (Å²) < 4.78 is 11.1. The van der Waals surface area contributed by atoms with E-state index in [1.165, 1.54) is 0 Å². The number of carbonyl (C=O) groups is 2. The van der Waals surface area contributed by atoms with Crippen LogP contribution >= 0.6 is 0 Å². The van der Waals surface area contributed by atoms with Crippen LogP contribution in [-0.2, 0) is 14.3 Å². The second-order valence-electron chi connectivity index (χ2n) is 6.69. The summed E-state index contributed by atoms with van der Waals surface area (Å²) in [6.07, 6.45) is 1.44. The number of aryl methyl sites for hydroxylation is 2. The largest absolute Gasteiger partial charge is 0.481 e. The molecule has 0 spiro atoms. The maximum atomic E-state index is 12.8. The lowest BCUT2D eigenvalue weighted by atomic mass is 9.96. The van der Waals surface area contributed by atoms with Crippen LogP contribution in [0.5, 0.6) is 5.75 Å². The normalized spacial score (nSPS) is 16.4. The fourth-order valence-electron chi connectivity index (χ4n) is 3.27. The van der Waals surface area contributed by atoms with Crippen molar-refractivity contribution in [2.45, 2.75) is 53.1 Å². The number of hydrogen-bond donors (Lipinski definition) is 0. The van der Waals surface area contributed by atoms with Gasteiger partial charge in [-0.2, -0.15) is 0 Å². The lowest BCUT2D eigenvalue weighted by Crippen LogP contribution is -2.46. The molecule has 0 radical (unpaired) electrons. The molecular formula is C20H29NO4. The lowest BCUT2D eigenvalue weighted by molar-refractivity contribution is -0.152. The molecule has 5 nitrogen and oxygen atoms in total. The Morgan fingerprint density at radius 2 is 1.72 bits per heavy atom. The van der Waals surface area contributed by atoms with Crippen LogP contribution in [0, 0.1) is 19.8 Å². The number of carbonyl (C=O) groups excluding carboxylic acids is 2. The summed E-state index contributed by atoms with van der Waals surface area (Å²) in [7, 11) is 0. The topological polar surface area (TPSA) is 55.8 Å². The Hall–Kier alpha value is -2.04. The first-order chi connectivity index (χ1) is 11.9. The zero-order valence-corrected chi connectivity index (χ0v) is 15.7. The van der Waals surface area contributed by atoms with Crippen molar-refractivity contribution in [3.8, 4) is 5.75 Å². The Balaban J connectivity index is 1.95. The van der Waals surface area contributed by atoms with Crippen molar-refractivity contribution in [1.82, 2.24) is 4.90 Å². The van der Waals surface area contributed by atoms with Gasteiger partial charge in [0.15, 0.2) is 6.10 Å². The van der Waals surface area contributed by atoms with Crippen molar-refractivity contribution in [1.29, 1.82) is 0 Å². The molecule has 0 unspecified atom stereocenters. The molecule has 1 aromatic carbocycles. The van der Waals surface area contributed by atoms with E-state index in [1.807, 2.05) is 44.7 Å². The number of likely N-dealkylation sites (tertiary alicyclic amines) is 1. The summed E-state index contributed by atoms with van der Waals surface area (Å²) in [5.41, 5.74) is 2.24.